The Kier molecular flexibility index (Phi) is 4.24. The molecule has 3 saturated carbocycles. The van der Waals surface area contributed by atoms with Gasteiger partial charge in [0.1, 0.15) is 6.10 Å². The van der Waals surface area contributed by atoms with E-state index in [1.807, 2.05) is 6.08 Å². The molecule has 4 aliphatic carbocycles. The van der Waals surface area contributed by atoms with Crippen molar-refractivity contribution < 1.29 is 23.1 Å². The molecule has 3 fully saturated rings. The van der Waals surface area contributed by atoms with Gasteiger partial charge < -0.3 is 4.74 Å². The highest BCUT2D eigenvalue weighted by molar-refractivity contribution is 5.91. The van der Waals surface area contributed by atoms with Crippen molar-refractivity contribution in [1.82, 2.24) is 0 Å². The largest absolute Gasteiger partial charge is 0.462 e. The maximum absolute atomic E-state index is 14.3. The van der Waals surface area contributed by atoms with Crippen LogP contribution in [0.5, 0.6) is 0 Å². The molecule has 0 aliphatic heterocycles. The molecule has 25 heavy (non-hydrogen) atoms. The van der Waals surface area contributed by atoms with Gasteiger partial charge >= 0.3 is 5.97 Å². The normalized spacial score (nSPS) is 43.1. The number of ketones is 1. The summed E-state index contributed by atoms with van der Waals surface area (Å²) in [6.07, 6.45) is 4.47. The predicted octanol–water partition coefficient (Wildman–Crippen LogP) is 4.31. The zero-order valence-electron chi connectivity index (χ0n) is 14.7. The van der Waals surface area contributed by atoms with Crippen LogP contribution in [-0.4, -0.2) is 24.3 Å². The molecule has 4 aliphatic rings. The Hall–Kier alpha value is -1.26. The van der Waals surface area contributed by atoms with Crippen molar-refractivity contribution in [2.45, 2.75) is 70.8 Å². The van der Waals surface area contributed by atoms with Gasteiger partial charge in [0.05, 0.1) is 5.41 Å². The molecule has 3 nitrogen and oxygen atoms in total. The van der Waals surface area contributed by atoms with Crippen molar-refractivity contribution >= 4 is 11.8 Å². The summed E-state index contributed by atoms with van der Waals surface area (Å²) >= 11 is 0. The van der Waals surface area contributed by atoms with E-state index >= 15 is 0 Å². The van der Waals surface area contributed by atoms with E-state index in [4.69, 9.17) is 4.74 Å². The van der Waals surface area contributed by atoms with Crippen LogP contribution in [0.15, 0.2) is 11.6 Å². The topological polar surface area (TPSA) is 43.4 Å². The molecule has 4 rings (SSSR count). The third kappa shape index (κ3) is 2.57. The molecule has 0 radical (unpaired) electrons. The molecule has 0 unspecified atom stereocenters. The van der Waals surface area contributed by atoms with Crippen molar-refractivity contribution in [3.63, 3.8) is 0 Å². The number of halogens is 2. The summed E-state index contributed by atoms with van der Waals surface area (Å²) in [5.41, 5.74) is 0.106. The van der Waals surface area contributed by atoms with Crippen LogP contribution in [0.1, 0.15) is 58.3 Å². The Morgan fingerprint density at radius 2 is 1.96 bits per heavy atom. The van der Waals surface area contributed by atoms with Crippen molar-refractivity contribution in [2.24, 2.45) is 29.1 Å². The van der Waals surface area contributed by atoms with Gasteiger partial charge in [-0.25, -0.2) is 8.78 Å². The first-order valence-electron chi connectivity index (χ1n) is 9.62. The molecule has 0 bridgehead atoms. The quantitative estimate of drug-likeness (QED) is 0.696. The van der Waals surface area contributed by atoms with Gasteiger partial charge in [0, 0.05) is 13.3 Å². The Morgan fingerprint density at radius 1 is 1.16 bits per heavy atom. The minimum atomic E-state index is -2.45. The number of carbonyl (C=O) groups is 2. The second kappa shape index (κ2) is 6.17. The zero-order chi connectivity index (χ0) is 17.8. The molecule has 0 aromatic heterocycles. The number of rotatable bonds is 2. The second-order valence-corrected chi connectivity index (χ2v) is 8.43. The number of hydrogen-bond acceptors (Lipinski definition) is 3. The Bertz CT molecular complexity index is 614. The number of alkyl halides is 2. The molecule has 0 heterocycles. The summed E-state index contributed by atoms with van der Waals surface area (Å²) in [5.74, 6) is 0.806. The van der Waals surface area contributed by atoms with Crippen LogP contribution >= 0.6 is 0 Å². The Labute approximate surface area is 147 Å². The van der Waals surface area contributed by atoms with Gasteiger partial charge in [0.2, 0.25) is 6.43 Å². The Balaban J connectivity index is 1.63. The van der Waals surface area contributed by atoms with Gasteiger partial charge in [-0.1, -0.05) is 5.57 Å². The smallest absolute Gasteiger partial charge is 0.302 e. The predicted molar refractivity (Wildman–Crippen MR) is 88.0 cm³/mol. The molecule has 0 saturated heterocycles. The maximum atomic E-state index is 14.3. The first kappa shape index (κ1) is 17.2. The highest BCUT2D eigenvalue weighted by Gasteiger charge is 2.63. The first-order chi connectivity index (χ1) is 11.9. The van der Waals surface area contributed by atoms with E-state index in [9.17, 15) is 18.4 Å². The fraction of sp³-hybridized carbons (Fsp3) is 0.800. The lowest BCUT2D eigenvalue weighted by Crippen LogP contribution is -2.53. The minimum Gasteiger partial charge on any atom is -0.462 e. The van der Waals surface area contributed by atoms with Crippen LogP contribution in [0.4, 0.5) is 8.78 Å². The van der Waals surface area contributed by atoms with E-state index in [2.05, 4.69) is 0 Å². The molecular weight excluding hydrogens is 326 g/mol. The molecule has 138 valence electrons. The monoisotopic (exact) mass is 352 g/mol. The Morgan fingerprint density at radius 3 is 2.68 bits per heavy atom. The fourth-order valence-electron chi connectivity index (χ4n) is 6.64. The number of allylic oxidation sites excluding steroid dienone is 1. The van der Waals surface area contributed by atoms with E-state index in [0.29, 0.717) is 31.1 Å². The summed E-state index contributed by atoms with van der Waals surface area (Å²) in [6.45, 7) is 1.31. The number of fused-ring (bicyclic) bond motifs is 5. The lowest BCUT2D eigenvalue weighted by atomic mass is 9.51. The van der Waals surface area contributed by atoms with Crippen LogP contribution in [0.25, 0.3) is 0 Å². The SMILES string of the molecule is CC(=O)O[C@H]1CC[C@H]2[C@@H]3CCC4=CC(=O)CC[C@@H]4[C@H]3CC[C@]12C(F)F. The van der Waals surface area contributed by atoms with Gasteiger partial charge in [-0.05, 0) is 74.7 Å². The highest BCUT2D eigenvalue weighted by Crippen LogP contribution is 2.64. The molecule has 0 amide bonds. The van der Waals surface area contributed by atoms with Gasteiger partial charge in [-0.2, -0.15) is 0 Å². The summed E-state index contributed by atoms with van der Waals surface area (Å²) in [7, 11) is 0. The molecule has 0 aromatic rings. The van der Waals surface area contributed by atoms with Gasteiger partial charge in [0.25, 0.3) is 0 Å². The van der Waals surface area contributed by atoms with Crippen LogP contribution in [0, 0.1) is 29.1 Å². The van der Waals surface area contributed by atoms with Crippen LogP contribution in [-0.2, 0) is 14.3 Å². The lowest BCUT2D eigenvalue weighted by molar-refractivity contribution is -0.178. The van der Waals surface area contributed by atoms with E-state index < -0.39 is 23.9 Å². The van der Waals surface area contributed by atoms with E-state index in [-0.39, 0.29) is 17.6 Å². The summed E-state index contributed by atoms with van der Waals surface area (Å²) in [4.78, 5) is 23.2. The van der Waals surface area contributed by atoms with Crippen molar-refractivity contribution in [3.05, 3.63) is 11.6 Å². The lowest BCUT2D eigenvalue weighted by Gasteiger charge is -2.54. The summed E-state index contributed by atoms with van der Waals surface area (Å²) in [6, 6.07) is 0. The van der Waals surface area contributed by atoms with E-state index in [1.54, 1.807) is 0 Å². The molecular formula is C20H26F2O3. The number of carbonyl (C=O) groups excluding carboxylic acids is 2. The molecule has 0 aromatic carbocycles. The summed E-state index contributed by atoms with van der Waals surface area (Å²) in [5, 5.41) is 0. The maximum Gasteiger partial charge on any atom is 0.302 e. The third-order valence-electron chi connectivity index (χ3n) is 7.53. The van der Waals surface area contributed by atoms with E-state index in [0.717, 1.165) is 32.1 Å². The molecule has 6 atom stereocenters. The van der Waals surface area contributed by atoms with Crippen molar-refractivity contribution in [1.29, 1.82) is 0 Å². The number of ether oxygens (including phenoxy) is 1. The first-order valence-corrected chi connectivity index (χ1v) is 9.62. The molecule has 0 N–H and O–H groups in total. The van der Waals surface area contributed by atoms with Crippen molar-refractivity contribution in [3.8, 4) is 0 Å². The molecule has 0 spiro atoms. The number of hydrogen-bond donors (Lipinski definition) is 0. The van der Waals surface area contributed by atoms with Crippen LogP contribution in [0.2, 0.25) is 0 Å². The van der Waals surface area contributed by atoms with Gasteiger partial charge in [-0.3, -0.25) is 9.59 Å². The van der Waals surface area contributed by atoms with Crippen LogP contribution in [0.3, 0.4) is 0 Å². The second-order valence-electron chi connectivity index (χ2n) is 8.43. The minimum absolute atomic E-state index is 0.0604. The summed E-state index contributed by atoms with van der Waals surface area (Å²) < 4.78 is 33.9. The zero-order valence-corrected chi connectivity index (χ0v) is 14.7. The highest BCUT2D eigenvalue weighted by atomic mass is 19.3. The van der Waals surface area contributed by atoms with E-state index in [1.165, 1.54) is 12.5 Å². The van der Waals surface area contributed by atoms with Gasteiger partial charge in [0.15, 0.2) is 5.78 Å². The average Bonchev–Trinajstić information content (AvgIpc) is 2.93. The van der Waals surface area contributed by atoms with Crippen LogP contribution < -0.4 is 0 Å². The molecule has 5 heteroatoms. The standard InChI is InChI=1S/C20H26F2O3/c1-11(23)25-18-7-6-17-16-4-2-12-10-13(24)3-5-14(12)15(16)8-9-20(17,18)19(21)22/h10,14-19H,2-9H2,1H3/t14-,15+,16+,17-,18-,20+/m0/s1. The average molecular weight is 352 g/mol. The van der Waals surface area contributed by atoms with Gasteiger partial charge in [-0.15, -0.1) is 0 Å². The third-order valence-corrected chi connectivity index (χ3v) is 7.53. The fourth-order valence-corrected chi connectivity index (χ4v) is 6.64. The number of esters is 1. The van der Waals surface area contributed by atoms with Crippen molar-refractivity contribution in [2.75, 3.05) is 0 Å².